The number of anilines is 1. The maximum Gasteiger partial charge on any atom is 0.490 e. The van der Waals surface area contributed by atoms with Crippen LogP contribution in [0.5, 0.6) is 5.75 Å². The second kappa shape index (κ2) is 23.6. The van der Waals surface area contributed by atoms with Gasteiger partial charge in [0.2, 0.25) is 23.6 Å². The highest BCUT2D eigenvalue weighted by atomic mass is 19.4. The maximum absolute atomic E-state index is 14.5. The average molecular weight is 838 g/mol. The number of carboxylic acid groups (broad SMARTS) is 1. The number of rotatable bonds is 17. The Morgan fingerprint density at radius 3 is 2.12 bits per heavy atom. The number of carboxylic acids is 1. The molecule has 0 bridgehead atoms. The number of fused-ring (bicyclic) bond motifs is 1. The SMILES string of the molecule is CC(=O)N(C1COc2ccc(N)cc21)[C@@H](Cc1ccccc1)C(=O)N[C@@H](CC(C)C)C(=O)NC(CC1CCCCC1)C(O)CC(=O)NCC(C)C.O.O=C(O)C(F)(F)F. The highest BCUT2D eigenvalue weighted by Crippen LogP contribution is 2.39. The first-order chi connectivity index (χ1) is 27.3. The van der Waals surface area contributed by atoms with E-state index in [1.807, 2.05) is 58.0 Å². The summed E-state index contributed by atoms with van der Waals surface area (Å²) < 4.78 is 37.7. The molecule has 2 aromatic rings. The fraction of sp³-hybridized carbons (Fsp3) is 0.595. The summed E-state index contributed by atoms with van der Waals surface area (Å²) in [7, 11) is 0. The molecule has 59 heavy (non-hydrogen) atoms. The minimum Gasteiger partial charge on any atom is -0.491 e. The number of halogens is 3. The van der Waals surface area contributed by atoms with Crippen LogP contribution in [-0.2, 0) is 30.4 Å². The van der Waals surface area contributed by atoms with Crippen molar-refractivity contribution in [2.75, 3.05) is 18.9 Å². The minimum atomic E-state index is -5.08. The summed E-state index contributed by atoms with van der Waals surface area (Å²) in [5.41, 5.74) is 8.23. The van der Waals surface area contributed by atoms with Gasteiger partial charge in [-0.2, -0.15) is 13.2 Å². The van der Waals surface area contributed by atoms with Crippen LogP contribution in [0.15, 0.2) is 48.5 Å². The van der Waals surface area contributed by atoms with Crippen molar-refractivity contribution >= 4 is 35.3 Å². The van der Waals surface area contributed by atoms with Crippen molar-refractivity contribution in [3.63, 3.8) is 0 Å². The van der Waals surface area contributed by atoms with Gasteiger partial charge in [-0.1, -0.05) is 90.1 Å². The molecule has 17 heteroatoms. The first kappa shape index (κ1) is 50.2. The number of ether oxygens (including phenoxy) is 1. The van der Waals surface area contributed by atoms with Gasteiger partial charge in [-0.3, -0.25) is 19.2 Å². The van der Waals surface area contributed by atoms with E-state index in [9.17, 15) is 37.5 Å². The number of amides is 4. The Morgan fingerprint density at radius 2 is 1.56 bits per heavy atom. The van der Waals surface area contributed by atoms with E-state index in [1.165, 1.54) is 13.3 Å². The number of benzene rings is 2. The Labute approximate surface area is 344 Å². The van der Waals surface area contributed by atoms with Crippen LogP contribution < -0.4 is 26.4 Å². The van der Waals surface area contributed by atoms with E-state index < -0.39 is 54.2 Å². The quantitative estimate of drug-likeness (QED) is 0.123. The van der Waals surface area contributed by atoms with E-state index in [0.717, 1.165) is 36.8 Å². The van der Waals surface area contributed by atoms with E-state index in [2.05, 4.69) is 16.0 Å². The smallest absolute Gasteiger partial charge is 0.490 e. The van der Waals surface area contributed by atoms with Crippen LogP contribution in [0.3, 0.4) is 0 Å². The number of nitrogen functional groups attached to an aromatic ring is 1. The summed E-state index contributed by atoms with van der Waals surface area (Å²) in [6.45, 7) is 10.0. The number of hydrogen-bond donors (Lipinski definition) is 6. The van der Waals surface area contributed by atoms with Crippen LogP contribution in [-0.4, -0.2) is 93.7 Å². The van der Waals surface area contributed by atoms with Gasteiger partial charge in [-0.15, -0.1) is 0 Å². The molecule has 0 saturated heterocycles. The summed E-state index contributed by atoms with van der Waals surface area (Å²) in [4.78, 5) is 65.3. The zero-order chi connectivity index (χ0) is 43.2. The standard InChI is InChI=1S/C40H59N5O6.C2HF3O2.H2O/c1-25(2)18-33(39(49)43-32(19-28-12-8-6-9-13-28)36(47)22-38(48)42-23-26(3)4)44-40(50)34(20-29-14-10-7-11-15-29)45(27(5)46)35-24-51-37-17-16-30(41)21-31(35)37;3-2(4,5)1(6)7;/h7,10-11,14-17,21,25-26,28,32-36,47H,6,8-9,12-13,18-20,22-24,41H2,1-5H3,(H,42,48)(H,43,49)(H,44,50);(H,6,7);1H2/t32?,33-,34-,35?,36?;;/m0../s1. The van der Waals surface area contributed by atoms with Crippen molar-refractivity contribution in [1.82, 2.24) is 20.9 Å². The lowest BCUT2D eigenvalue weighted by Gasteiger charge is -2.36. The van der Waals surface area contributed by atoms with Gasteiger partial charge in [-0.05, 0) is 54.4 Å². The molecule has 14 nitrogen and oxygen atoms in total. The predicted octanol–water partition coefficient (Wildman–Crippen LogP) is 4.48. The van der Waals surface area contributed by atoms with Gasteiger partial charge < -0.3 is 47.0 Å². The van der Waals surface area contributed by atoms with Gasteiger partial charge in [0.25, 0.3) is 0 Å². The molecule has 5 atom stereocenters. The predicted molar refractivity (Wildman–Crippen MR) is 216 cm³/mol. The number of carbonyl (C=O) groups is 5. The summed E-state index contributed by atoms with van der Waals surface area (Å²) in [5, 5.41) is 27.4. The summed E-state index contributed by atoms with van der Waals surface area (Å²) in [6, 6.07) is 11.6. The van der Waals surface area contributed by atoms with Crippen molar-refractivity contribution in [1.29, 1.82) is 0 Å². The number of nitrogens with one attached hydrogen (secondary N) is 3. The third-order valence-corrected chi connectivity index (χ3v) is 10.2. The van der Waals surface area contributed by atoms with Crippen molar-refractivity contribution in [2.24, 2.45) is 17.8 Å². The number of aliphatic hydroxyl groups is 1. The van der Waals surface area contributed by atoms with Gasteiger partial charge in [0.15, 0.2) is 0 Å². The summed E-state index contributed by atoms with van der Waals surface area (Å²) in [6.07, 6.45) is 0.171. The highest BCUT2D eigenvalue weighted by molar-refractivity contribution is 5.92. The molecule has 4 amide bonds. The van der Waals surface area contributed by atoms with Crippen LogP contribution in [0.4, 0.5) is 18.9 Å². The molecule has 2 aliphatic rings. The fourth-order valence-corrected chi connectivity index (χ4v) is 7.33. The largest absolute Gasteiger partial charge is 0.491 e. The molecule has 0 spiro atoms. The van der Waals surface area contributed by atoms with E-state index in [1.54, 1.807) is 23.1 Å². The number of aliphatic carboxylic acids is 1. The molecular formula is C42H62F3N5O9. The minimum absolute atomic E-state index is 0. The summed E-state index contributed by atoms with van der Waals surface area (Å²) >= 11 is 0. The van der Waals surface area contributed by atoms with Crippen molar-refractivity contribution in [3.05, 3.63) is 59.7 Å². The molecule has 1 saturated carbocycles. The molecular weight excluding hydrogens is 775 g/mol. The van der Waals surface area contributed by atoms with Crippen molar-refractivity contribution in [3.8, 4) is 5.75 Å². The van der Waals surface area contributed by atoms with Crippen LogP contribution >= 0.6 is 0 Å². The van der Waals surface area contributed by atoms with E-state index in [0.29, 0.717) is 36.7 Å². The van der Waals surface area contributed by atoms with E-state index in [-0.39, 0.29) is 48.6 Å². The Hall–Kier alpha value is -4.90. The molecule has 1 heterocycles. The Morgan fingerprint density at radius 1 is 0.932 bits per heavy atom. The first-order valence-corrected chi connectivity index (χ1v) is 20.0. The number of nitrogens with two attached hydrogens (primary N) is 1. The number of alkyl halides is 3. The molecule has 1 aliphatic carbocycles. The molecule has 4 rings (SSSR count). The topological polar surface area (TPSA) is 232 Å². The molecule has 1 aliphatic heterocycles. The molecule has 9 N–H and O–H groups in total. The van der Waals surface area contributed by atoms with Gasteiger partial charge in [-0.25, -0.2) is 4.79 Å². The molecule has 330 valence electrons. The highest BCUT2D eigenvalue weighted by Gasteiger charge is 2.41. The van der Waals surface area contributed by atoms with Gasteiger partial charge in [0.1, 0.15) is 24.4 Å². The van der Waals surface area contributed by atoms with Crippen LogP contribution in [0.1, 0.15) is 103 Å². The number of aliphatic hydroxyl groups excluding tert-OH is 1. The van der Waals surface area contributed by atoms with E-state index >= 15 is 0 Å². The van der Waals surface area contributed by atoms with Crippen molar-refractivity contribution in [2.45, 2.75) is 129 Å². The fourth-order valence-electron chi connectivity index (χ4n) is 7.33. The lowest BCUT2D eigenvalue weighted by Crippen LogP contribution is -2.58. The Balaban J connectivity index is 0.00000137. The van der Waals surface area contributed by atoms with E-state index in [4.69, 9.17) is 20.4 Å². The average Bonchev–Trinajstić information content (AvgIpc) is 3.55. The van der Waals surface area contributed by atoms with Crippen LogP contribution in [0.25, 0.3) is 0 Å². The van der Waals surface area contributed by atoms with Gasteiger partial charge in [0.05, 0.1) is 24.6 Å². The molecule has 1 fully saturated rings. The van der Waals surface area contributed by atoms with Gasteiger partial charge in [0, 0.05) is 31.1 Å². The number of nitrogens with zero attached hydrogens (tertiary/aromatic N) is 1. The third-order valence-electron chi connectivity index (χ3n) is 10.2. The first-order valence-electron chi connectivity index (χ1n) is 20.0. The molecule has 2 aromatic carbocycles. The van der Waals surface area contributed by atoms with Crippen LogP contribution in [0, 0.1) is 17.8 Å². The zero-order valence-electron chi connectivity index (χ0n) is 34.5. The normalized spacial score (nSPS) is 17.1. The van der Waals surface area contributed by atoms with Crippen molar-refractivity contribution < 1.29 is 57.6 Å². The molecule has 0 aromatic heterocycles. The zero-order valence-corrected chi connectivity index (χ0v) is 34.5. The maximum atomic E-state index is 14.5. The second-order valence-electron chi connectivity index (χ2n) is 16.1. The molecule has 3 unspecified atom stereocenters. The Kier molecular flexibility index (Phi) is 20.1. The lowest BCUT2D eigenvalue weighted by molar-refractivity contribution is -0.192. The van der Waals surface area contributed by atoms with Crippen LogP contribution in [0.2, 0.25) is 0 Å². The third kappa shape index (κ3) is 16.3. The summed E-state index contributed by atoms with van der Waals surface area (Å²) in [5.74, 6) is -2.99. The van der Waals surface area contributed by atoms with Gasteiger partial charge >= 0.3 is 12.1 Å². The lowest BCUT2D eigenvalue weighted by atomic mass is 9.83. The Bertz CT molecular complexity index is 1670. The number of hydrogen-bond acceptors (Lipinski definition) is 8. The monoisotopic (exact) mass is 837 g/mol. The molecule has 0 radical (unpaired) electrons. The second-order valence-corrected chi connectivity index (χ2v) is 16.1. The number of carbonyl (C=O) groups excluding carboxylic acids is 4.